The van der Waals surface area contributed by atoms with Crippen molar-refractivity contribution >= 4 is 17.3 Å². The van der Waals surface area contributed by atoms with Gasteiger partial charge in [0.1, 0.15) is 5.75 Å². The normalized spacial score (nSPS) is 11.3. The fraction of sp³-hybridized carbons (Fsp3) is 0.500. The molecule has 0 fully saturated rings. The second-order valence-corrected chi connectivity index (χ2v) is 4.62. The third-order valence-corrected chi connectivity index (χ3v) is 2.81. The summed E-state index contributed by atoms with van der Waals surface area (Å²) in [5, 5.41) is 4.05. The molecule has 1 N–H and O–H groups in total. The van der Waals surface area contributed by atoms with E-state index < -0.39 is 0 Å². The molecule has 15 heavy (non-hydrogen) atoms. The molecule has 0 aliphatic rings. The van der Waals surface area contributed by atoms with Gasteiger partial charge in [-0.05, 0) is 38.5 Å². The van der Waals surface area contributed by atoms with Gasteiger partial charge in [0.25, 0.3) is 0 Å². The van der Waals surface area contributed by atoms with Crippen LogP contribution in [0.15, 0.2) is 18.2 Å². The first-order valence-corrected chi connectivity index (χ1v) is 5.48. The van der Waals surface area contributed by atoms with Gasteiger partial charge in [0.15, 0.2) is 0 Å². The van der Waals surface area contributed by atoms with Crippen LogP contribution in [0.25, 0.3) is 0 Å². The van der Waals surface area contributed by atoms with Crippen molar-refractivity contribution in [3.63, 3.8) is 0 Å². The van der Waals surface area contributed by atoms with Crippen LogP contribution in [0.1, 0.15) is 27.2 Å². The molecule has 1 aromatic rings. The topological polar surface area (TPSA) is 21.3 Å². The Hall–Kier alpha value is -0.890. The van der Waals surface area contributed by atoms with Crippen molar-refractivity contribution in [2.45, 2.75) is 32.7 Å². The maximum atomic E-state index is 6.04. The van der Waals surface area contributed by atoms with Crippen molar-refractivity contribution in [2.24, 2.45) is 0 Å². The second-order valence-electron chi connectivity index (χ2n) is 4.21. The molecule has 0 aliphatic carbocycles. The van der Waals surface area contributed by atoms with Gasteiger partial charge in [0, 0.05) is 11.2 Å². The molecule has 0 saturated heterocycles. The predicted molar refractivity (Wildman–Crippen MR) is 66.0 cm³/mol. The summed E-state index contributed by atoms with van der Waals surface area (Å²) in [4.78, 5) is 0. The van der Waals surface area contributed by atoms with Gasteiger partial charge in [-0.2, -0.15) is 0 Å². The van der Waals surface area contributed by atoms with Gasteiger partial charge < -0.3 is 10.1 Å². The zero-order valence-electron chi connectivity index (χ0n) is 9.73. The summed E-state index contributed by atoms with van der Waals surface area (Å²) >= 11 is 6.04. The highest BCUT2D eigenvalue weighted by Crippen LogP contribution is 2.28. The monoisotopic (exact) mass is 227 g/mol. The molecule has 1 rings (SSSR count). The van der Waals surface area contributed by atoms with E-state index in [0.717, 1.165) is 12.1 Å². The molecule has 0 aromatic heterocycles. The molecular weight excluding hydrogens is 210 g/mol. The van der Waals surface area contributed by atoms with E-state index >= 15 is 0 Å². The number of nitrogens with one attached hydrogen (secondary N) is 1. The van der Waals surface area contributed by atoms with E-state index in [-0.39, 0.29) is 5.54 Å². The minimum atomic E-state index is 0.0813. The van der Waals surface area contributed by atoms with Crippen LogP contribution in [0, 0.1) is 0 Å². The van der Waals surface area contributed by atoms with Crippen LogP contribution in [-0.4, -0.2) is 12.6 Å². The van der Waals surface area contributed by atoms with Crippen molar-refractivity contribution in [2.75, 3.05) is 12.4 Å². The van der Waals surface area contributed by atoms with Gasteiger partial charge in [-0.1, -0.05) is 18.5 Å². The van der Waals surface area contributed by atoms with Crippen molar-refractivity contribution < 1.29 is 4.74 Å². The van der Waals surface area contributed by atoms with Crippen LogP contribution in [0.5, 0.6) is 5.75 Å². The maximum absolute atomic E-state index is 6.04. The van der Waals surface area contributed by atoms with Crippen LogP contribution in [0.4, 0.5) is 5.69 Å². The van der Waals surface area contributed by atoms with E-state index in [4.69, 9.17) is 16.3 Å². The smallest absolute Gasteiger partial charge is 0.137 e. The van der Waals surface area contributed by atoms with Crippen LogP contribution < -0.4 is 10.1 Å². The van der Waals surface area contributed by atoms with Crippen molar-refractivity contribution in [3.8, 4) is 5.75 Å². The van der Waals surface area contributed by atoms with Gasteiger partial charge in [0.2, 0.25) is 0 Å². The van der Waals surface area contributed by atoms with Gasteiger partial charge in [0.05, 0.1) is 12.1 Å². The van der Waals surface area contributed by atoms with E-state index in [9.17, 15) is 0 Å². The minimum absolute atomic E-state index is 0.0813. The number of hydrogen-bond donors (Lipinski definition) is 1. The highest BCUT2D eigenvalue weighted by atomic mass is 35.5. The molecule has 0 bridgehead atoms. The molecule has 0 spiro atoms. The fourth-order valence-electron chi connectivity index (χ4n) is 1.22. The summed E-state index contributed by atoms with van der Waals surface area (Å²) in [7, 11) is 1.62. The van der Waals surface area contributed by atoms with E-state index in [2.05, 4.69) is 26.1 Å². The summed E-state index contributed by atoms with van der Waals surface area (Å²) < 4.78 is 5.10. The summed E-state index contributed by atoms with van der Waals surface area (Å²) in [5.41, 5.74) is 1.10. The molecule has 0 atom stereocenters. The minimum Gasteiger partial charge on any atom is -0.495 e. The number of halogens is 1. The first-order chi connectivity index (χ1) is 6.98. The SMILES string of the molecule is CCC(C)(C)Nc1ccc(OC)c(Cl)c1. The predicted octanol–water partition coefficient (Wildman–Crippen LogP) is 3.95. The lowest BCUT2D eigenvalue weighted by Crippen LogP contribution is -2.29. The van der Waals surface area contributed by atoms with Crippen molar-refractivity contribution in [3.05, 3.63) is 23.2 Å². The summed E-state index contributed by atoms with van der Waals surface area (Å²) in [6.07, 6.45) is 1.05. The zero-order valence-corrected chi connectivity index (χ0v) is 10.5. The quantitative estimate of drug-likeness (QED) is 0.841. The third-order valence-electron chi connectivity index (χ3n) is 2.52. The molecule has 1 aromatic carbocycles. The van der Waals surface area contributed by atoms with Gasteiger partial charge in [-0.15, -0.1) is 0 Å². The molecule has 0 unspecified atom stereocenters. The van der Waals surface area contributed by atoms with Gasteiger partial charge >= 0.3 is 0 Å². The van der Waals surface area contributed by atoms with Gasteiger partial charge in [-0.25, -0.2) is 0 Å². The Labute approximate surface area is 96.6 Å². The Balaban J connectivity index is 2.84. The molecule has 0 saturated carbocycles. The standard InChI is InChI=1S/C12H18ClNO/c1-5-12(2,3)14-9-6-7-11(15-4)10(13)8-9/h6-8,14H,5H2,1-4H3. The number of hydrogen-bond acceptors (Lipinski definition) is 2. The Morgan fingerprint density at radius 2 is 2.07 bits per heavy atom. The molecule has 2 nitrogen and oxygen atoms in total. The average molecular weight is 228 g/mol. The average Bonchev–Trinajstić information content (AvgIpc) is 2.17. The fourth-order valence-corrected chi connectivity index (χ4v) is 1.48. The van der Waals surface area contributed by atoms with Crippen LogP contribution in [0.3, 0.4) is 0 Å². The van der Waals surface area contributed by atoms with Crippen LogP contribution in [-0.2, 0) is 0 Å². The number of benzene rings is 1. The van der Waals surface area contributed by atoms with E-state index in [1.54, 1.807) is 7.11 Å². The summed E-state index contributed by atoms with van der Waals surface area (Å²) in [6.45, 7) is 6.47. The molecule has 3 heteroatoms. The molecule has 0 heterocycles. The molecular formula is C12H18ClNO. The first kappa shape index (κ1) is 12.2. The highest BCUT2D eigenvalue weighted by Gasteiger charge is 2.14. The zero-order chi connectivity index (χ0) is 11.5. The molecule has 0 aliphatic heterocycles. The highest BCUT2D eigenvalue weighted by molar-refractivity contribution is 6.32. The lowest BCUT2D eigenvalue weighted by molar-refractivity contribution is 0.415. The largest absolute Gasteiger partial charge is 0.495 e. The summed E-state index contributed by atoms with van der Waals surface area (Å²) in [5.74, 6) is 0.705. The molecule has 0 amide bonds. The molecule has 84 valence electrons. The lowest BCUT2D eigenvalue weighted by atomic mass is 10.0. The first-order valence-electron chi connectivity index (χ1n) is 5.10. The Kier molecular flexibility index (Phi) is 3.86. The number of anilines is 1. The van der Waals surface area contributed by atoms with E-state index in [1.807, 2.05) is 18.2 Å². The Morgan fingerprint density at radius 1 is 1.40 bits per heavy atom. The third kappa shape index (κ3) is 3.31. The molecule has 0 radical (unpaired) electrons. The van der Waals surface area contributed by atoms with Crippen LogP contribution in [0.2, 0.25) is 5.02 Å². The Morgan fingerprint density at radius 3 is 2.53 bits per heavy atom. The van der Waals surface area contributed by atoms with Crippen molar-refractivity contribution in [1.82, 2.24) is 0 Å². The van der Waals surface area contributed by atoms with E-state index in [0.29, 0.717) is 10.8 Å². The van der Waals surface area contributed by atoms with Crippen LogP contribution >= 0.6 is 11.6 Å². The van der Waals surface area contributed by atoms with Crippen molar-refractivity contribution in [1.29, 1.82) is 0 Å². The Bertz CT molecular complexity index is 336. The van der Waals surface area contributed by atoms with E-state index in [1.165, 1.54) is 0 Å². The summed E-state index contributed by atoms with van der Waals surface area (Å²) in [6, 6.07) is 5.73. The maximum Gasteiger partial charge on any atom is 0.137 e. The number of methoxy groups -OCH3 is 1. The number of rotatable bonds is 4. The number of ether oxygens (including phenoxy) is 1. The lowest BCUT2D eigenvalue weighted by Gasteiger charge is -2.26. The van der Waals surface area contributed by atoms with Gasteiger partial charge in [-0.3, -0.25) is 0 Å². The second kappa shape index (κ2) is 4.75.